The first-order valence-corrected chi connectivity index (χ1v) is 5.98. The summed E-state index contributed by atoms with van der Waals surface area (Å²) in [7, 11) is 0. The van der Waals surface area contributed by atoms with Gasteiger partial charge in [0.25, 0.3) is 0 Å². The molecule has 4 heteroatoms. The monoisotopic (exact) mass is 279 g/mol. The Morgan fingerprint density at radius 2 is 2.06 bits per heavy atom. The van der Waals surface area contributed by atoms with E-state index in [-0.39, 0.29) is 6.04 Å². The molecule has 2 rings (SSSR count). The van der Waals surface area contributed by atoms with Gasteiger partial charge in [-0.05, 0) is 24.6 Å². The Kier molecular flexibility index (Phi) is 3.41. The Morgan fingerprint density at radius 1 is 1.38 bits per heavy atom. The van der Waals surface area contributed by atoms with E-state index in [1.807, 2.05) is 31.6 Å². The van der Waals surface area contributed by atoms with E-state index < -0.39 is 0 Å². The Labute approximate surface area is 103 Å². The number of aromatic nitrogens is 2. The molecule has 0 aliphatic rings. The molecule has 1 heterocycles. The second-order valence-corrected chi connectivity index (χ2v) is 4.83. The van der Waals surface area contributed by atoms with Gasteiger partial charge in [0.05, 0.1) is 18.2 Å². The molecule has 0 aliphatic carbocycles. The van der Waals surface area contributed by atoms with Gasteiger partial charge in [0.2, 0.25) is 0 Å². The highest BCUT2D eigenvalue weighted by Gasteiger charge is 2.06. The molecule has 0 spiro atoms. The summed E-state index contributed by atoms with van der Waals surface area (Å²) in [6.07, 6.45) is 3.69. The quantitative estimate of drug-likeness (QED) is 0.939. The third-order valence-electron chi connectivity index (χ3n) is 2.34. The van der Waals surface area contributed by atoms with Gasteiger partial charge in [-0.2, -0.15) is 0 Å². The van der Waals surface area contributed by atoms with Crippen molar-refractivity contribution in [2.24, 2.45) is 5.73 Å². The van der Waals surface area contributed by atoms with E-state index in [1.54, 1.807) is 0 Å². The molecule has 2 aromatic rings. The molecule has 1 aromatic heterocycles. The first kappa shape index (κ1) is 11.4. The van der Waals surface area contributed by atoms with Crippen LogP contribution >= 0.6 is 15.9 Å². The highest BCUT2D eigenvalue weighted by atomic mass is 79.9. The molecule has 0 saturated carbocycles. The molecule has 0 aliphatic heterocycles. The van der Waals surface area contributed by atoms with E-state index in [0.29, 0.717) is 0 Å². The number of imidazole rings is 1. The van der Waals surface area contributed by atoms with Crippen molar-refractivity contribution in [3.05, 3.63) is 41.3 Å². The number of hydrogen-bond acceptors (Lipinski definition) is 2. The van der Waals surface area contributed by atoms with E-state index in [2.05, 4.69) is 37.6 Å². The summed E-state index contributed by atoms with van der Waals surface area (Å²) in [5.41, 5.74) is 8.05. The first-order chi connectivity index (χ1) is 7.66. The summed E-state index contributed by atoms with van der Waals surface area (Å²) in [5, 5.41) is 0. The van der Waals surface area contributed by atoms with Crippen LogP contribution in [0.25, 0.3) is 11.3 Å². The van der Waals surface area contributed by atoms with Crippen LogP contribution in [0, 0.1) is 0 Å². The minimum atomic E-state index is 0.128. The number of hydrogen-bond donors (Lipinski definition) is 1. The largest absolute Gasteiger partial charge is 0.329 e. The molecule has 0 amide bonds. The summed E-state index contributed by atoms with van der Waals surface area (Å²) >= 11 is 3.43. The average Bonchev–Trinajstić information content (AvgIpc) is 2.66. The standard InChI is InChI=1S/C12H14BrN3/c1-9(14)7-16-8-15-6-12(16)10-2-4-11(13)5-3-10/h2-6,8-9H,7,14H2,1H3. The van der Waals surface area contributed by atoms with Crippen LogP contribution in [0.1, 0.15) is 6.92 Å². The molecule has 1 atom stereocenters. The van der Waals surface area contributed by atoms with Crippen molar-refractivity contribution in [2.45, 2.75) is 19.5 Å². The van der Waals surface area contributed by atoms with Gasteiger partial charge in [0.1, 0.15) is 0 Å². The van der Waals surface area contributed by atoms with Crippen LogP contribution in [-0.2, 0) is 6.54 Å². The van der Waals surface area contributed by atoms with Gasteiger partial charge in [0.15, 0.2) is 0 Å². The third kappa shape index (κ3) is 2.51. The van der Waals surface area contributed by atoms with Gasteiger partial charge in [-0.3, -0.25) is 0 Å². The molecular weight excluding hydrogens is 266 g/mol. The van der Waals surface area contributed by atoms with Gasteiger partial charge in [0, 0.05) is 17.1 Å². The zero-order chi connectivity index (χ0) is 11.5. The first-order valence-electron chi connectivity index (χ1n) is 5.18. The van der Waals surface area contributed by atoms with Crippen LogP contribution in [0.4, 0.5) is 0 Å². The maximum atomic E-state index is 5.80. The lowest BCUT2D eigenvalue weighted by Crippen LogP contribution is -2.22. The fraction of sp³-hybridized carbons (Fsp3) is 0.250. The highest BCUT2D eigenvalue weighted by Crippen LogP contribution is 2.21. The Hall–Kier alpha value is -1.13. The van der Waals surface area contributed by atoms with Crippen molar-refractivity contribution >= 4 is 15.9 Å². The van der Waals surface area contributed by atoms with Crippen molar-refractivity contribution in [2.75, 3.05) is 0 Å². The lowest BCUT2D eigenvalue weighted by atomic mass is 10.1. The minimum Gasteiger partial charge on any atom is -0.329 e. The van der Waals surface area contributed by atoms with E-state index in [9.17, 15) is 0 Å². The van der Waals surface area contributed by atoms with Crippen LogP contribution in [0.3, 0.4) is 0 Å². The highest BCUT2D eigenvalue weighted by molar-refractivity contribution is 9.10. The van der Waals surface area contributed by atoms with Crippen LogP contribution < -0.4 is 5.73 Å². The summed E-state index contributed by atoms with van der Waals surface area (Å²) in [4.78, 5) is 4.17. The molecule has 0 saturated heterocycles. The molecule has 3 nitrogen and oxygen atoms in total. The van der Waals surface area contributed by atoms with Gasteiger partial charge < -0.3 is 10.3 Å². The van der Waals surface area contributed by atoms with Crippen molar-refractivity contribution in [3.8, 4) is 11.3 Å². The molecular formula is C12H14BrN3. The van der Waals surface area contributed by atoms with Crippen molar-refractivity contribution in [1.82, 2.24) is 9.55 Å². The molecule has 16 heavy (non-hydrogen) atoms. The second kappa shape index (κ2) is 4.80. The van der Waals surface area contributed by atoms with Gasteiger partial charge in [-0.25, -0.2) is 4.98 Å². The topological polar surface area (TPSA) is 43.8 Å². The molecule has 1 unspecified atom stereocenters. The smallest absolute Gasteiger partial charge is 0.0951 e. The van der Waals surface area contributed by atoms with Crippen molar-refractivity contribution in [1.29, 1.82) is 0 Å². The Morgan fingerprint density at radius 3 is 2.69 bits per heavy atom. The Bertz CT molecular complexity index is 459. The normalized spacial score (nSPS) is 12.7. The summed E-state index contributed by atoms with van der Waals surface area (Å²) in [6, 6.07) is 8.32. The van der Waals surface area contributed by atoms with Crippen LogP contribution in [0.2, 0.25) is 0 Å². The maximum absolute atomic E-state index is 5.80. The molecule has 84 valence electrons. The lowest BCUT2D eigenvalue weighted by molar-refractivity contribution is 0.593. The zero-order valence-corrected chi connectivity index (χ0v) is 10.7. The van der Waals surface area contributed by atoms with Gasteiger partial charge in [-0.15, -0.1) is 0 Å². The molecule has 0 bridgehead atoms. The van der Waals surface area contributed by atoms with Crippen molar-refractivity contribution < 1.29 is 0 Å². The fourth-order valence-electron chi connectivity index (χ4n) is 1.64. The summed E-state index contributed by atoms with van der Waals surface area (Å²) in [6.45, 7) is 2.77. The second-order valence-electron chi connectivity index (χ2n) is 3.92. The predicted molar refractivity (Wildman–Crippen MR) is 69.0 cm³/mol. The minimum absolute atomic E-state index is 0.128. The van der Waals surface area contributed by atoms with E-state index in [0.717, 1.165) is 22.3 Å². The van der Waals surface area contributed by atoms with Crippen LogP contribution in [0.5, 0.6) is 0 Å². The number of halogens is 1. The average molecular weight is 280 g/mol. The lowest BCUT2D eigenvalue weighted by Gasteiger charge is -2.10. The Balaban J connectivity index is 2.33. The SMILES string of the molecule is CC(N)Cn1cncc1-c1ccc(Br)cc1. The molecule has 0 radical (unpaired) electrons. The predicted octanol–water partition coefficient (Wildman–Crippen LogP) is 2.66. The fourth-order valence-corrected chi connectivity index (χ4v) is 1.90. The van der Waals surface area contributed by atoms with Crippen LogP contribution in [-0.4, -0.2) is 15.6 Å². The molecule has 1 aromatic carbocycles. The number of benzene rings is 1. The summed E-state index contributed by atoms with van der Waals surface area (Å²) in [5.74, 6) is 0. The van der Waals surface area contributed by atoms with E-state index in [4.69, 9.17) is 5.73 Å². The van der Waals surface area contributed by atoms with E-state index in [1.165, 1.54) is 0 Å². The number of nitrogens with two attached hydrogens (primary N) is 1. The van der Waals surface area contributed by atoms with Crippen molar-refractivity contribution in [3.63, 3.8) is 0 Å². The molecule has 2 N–H and O–H groups in total. The number of nitrogens with zero attached hydrogens (tertiary/aromatic N) is 2. The third-order valence-corrected chi connectivity index (χ3v) is 2.87. The zero-order valence-electron chi connectivity index (χ0n) is 9.10. The van der Waals surface area contributed by atoms with Crippen LogP contribution in [0.15, 0.2) is 41.3 Å². The maximum Gasteiger partial charge on any atom is 0.0951 e. The van der Waals surface area contributed by atoms with E-state index >= 15 is 0 Å². The summed E-state index contributed by atoms with van der Waals surface area (Å²) < 4.78 is 3.16. The van der Waals surface area contributed by atoms with Gasteiger partial charge in [-0.1, -0.05) is 28.1 Å². The number of rotatable bonds is 3. The molecule has 0 fully saturated rings. The van der Waals surface area contributed by atoms with Gasteiger partial charge >= 0.3 is 0 Å².